The predicted molar refractivity (Wildman–Crippen MR) is 56.9 cm³/mol. The van der Waals surface area contributed by atoms with Crippen LogP contribution in [0.5, 0.6) is 0 Å². The second-order valence-corrected chi connectivity index (χ2v) is 4.03. The summed E-state index contributed by atoms with van der Waals surface area (Å²) < 4.78 is 0. The maximum absolute atomic E-state index is 9.40. The minimum atomic E-state index is -0.378. The summed E-state index contributed by atoms with van der Waals surface area (Å²) in [6.45, 7) is 6.20. The van der Waals surface area contributed by atoms with Crippen molar-refractivity contribution in [1.82, 2.24) is 10.3 Å². The molecule has 0 bridgehead atoms. The third-order valence-corrected chi connectivity index (χ3v) is 2.24. The van der Waals surface area contributed by atoms with Crippen molar-refractivity contribution in [1.29, 1.82) is 0 Å². The molecule has 0 aromatic carbocycles. The highest BCUT2D eigenvalue weighted by Gasteiger charge is 2.25. The molecule has 3 nitrogen and oxygen atoms in total. The number of hydrogen-bond donors (Lipinski definition) is 2. The van der Waals surface area contributed by atoms with Crippen LogP contribution in [0, 0.1) is 0 Å². The summed E-state index contributed by atoms with van der Waals surface area (Å²) in [7, 11) is 0. The molecule has 0 saturated heterocycles. The van der Waals surface area contributed by atoms with Gasteiger partial charge in [0, 0.05) is 18.4 Å². The van der Waals surface area contributed by atoms with Crippen molar-refractivity contribution in [2.45, 2.75) is 32.4 Å². The molecule has 1 atom stereocenters. The first-order chi connectivity index (χ1) is 6.58. The van der Waals surface area contributed by atoms with E-state index < -0.39 is 0 Å². The third kappa shape index (κ3) is 2.53. The Kier molecular flexibility index (Phi) is 3.61. The van der Waals surface area contributed by atoms with Crippen LogP contribution >= 0.6 is 0 Å². The van der Waals surface area contributed by atoms with E-state index in [1.54, 1.807) is 12.4 Å². The molecule has 0 aliphatic carbocycles. The Labute approximate surface area is 85.2 Å². The molecular formula is C11H18N2O. The minimum absolute atomic E-state index is 0.0786. The number of aliphatic hydroxyl groups is 1. The van der Waals surface area contributed by atoms with Gasteiger partial charge in [-0.05, 0) is 38.5 Å². The highest BCUT2D eigenvalue weighted by molar-refractivity contribution is 5.20. The molecule has 3 heteroatoms. The fourth-order valence-electron chi connectivity index (χ4n) is 1.58. The van der Waals surface area contributed by atoms with Crippen LogP contribution in [0.15, 0.2) is 24.5 Å². The number of rotatable bonds is 4. The summed E-state index contributed by atoms with van der Waals surface area (Å²) in [5.74, 6) is 0. The molecule has 78 valence electrons. The first kappa shape index (κ1) is 11.1. The Hall–Kier alpha value is -0.930. The predicted octanol–water partition coefficient (Wildman–Crippen LogP) is 1.29. The molecule has 0 spiro atoms. The molecule has 1 unspecified atom stereocenters. The minimum Gasteiger partial charge on any atom is -0.394 e. The van der Waals surface area contributed by atoms with E-state index in [9.17, 15) is 5.11 Å². The van der Waals surface area contributed by atoms with Gasteiger partial charge in [-0.25, -0.2) is 0 Å². The molecule has 0 aliphatic rings. The topological polar surface area (TPSA) is 45.1 Å². The second kappa shape index (κ2) is 4.53. The van der Waals surface area contributed by atoms with Crippen molar-refractivity contribution >= 4 is 0 Å². The lowest BCUT2D eigenvalue weighted by Crippen LogP contribution is -2.46. The van der Waals surface area contributed by atoms with Gasteiger partial charge in [-0.3, -0.25) is 4.98 Å². The highest BCUT2D eigenvalue weighted by atomic mass is 16.3. The summed E-state index contributed by atoms with van der Waals surface area (Å²) in [5, 5.41) is 12.7. The van der Waals surface area contributed by atoms with E-state index in [0.717, 1.165) is 5.56 Å². The number of nitrogens with zero attached hydrogens (tertiary/aromatic N) is 1. The molecule has 1 rings (SSSR count). The Bertz CT molecular complexity index is 274. The van der Waals surface area contributed by atoms with E-state index in [0.29, 0.717) is 6.04 Å². The molecule has 1 aromatic rings. The lowest BCUT2D eigenvalue weighted by Gasteiger charge is -2.31. The van der Waals surface area contributed by atoms with Crippen molar-refractivity contribution in [2.75, 3.05) is 6.61 Å². The summed E-state index contributed by atoms with van der Waals surface area (Å²) in [6, 6.07) is 4.18. The zero-order chi connectivity index (χ0) is 10.6. The fourth-order valence-corrected chi connectivity index (χ4v) is 1.58. The third-order valence-electron chi connectivity index (χ3n) is 2.24. The maximum atomic E-state index is 9.40. The van der Waals surface area contributed by atoms with E-state index >= 15 is 0 Å². The van der Waals surface area contributed by atoms with Crippen LogP contribution in [0.3, 0.4) is 0 Å². The molecule has 1 heterocycles. The quantitative estimate of drug-likeness (QED) is 0.759. The van der Waals surface area contributed by atoms with E-state index in [-0.39, 0.29) is 12.1 Å². The monoisotopic (exact) mass is 194 g/mol. The Balaban J connectivity index is 2.90. The lowest BCUT2D eigenvalue weighted by molar-refractivity contribution is 0.166. The van der Waals surface area contributed by atoms with Crippen molar-refractivity contribution in [3.63, 3.8) is 0 Å². The van der Waals surface area contributed by atoms with Gasteiger partial charge in [0.2, 0.25) is 0 Å². The number of pyridine rings is 1. The van der Waals surface area contributed by atoms with Gasteiger partial charge >= 0.3 is 0 Å². The molecule has 0 radical (unpaired) electrons. The Morgan fingerprint density at radius 3 is 2.43 bits per heavy atom. The average molecular weight is 194 g/mol. The molecule has 14 heavy (non-hydrogen) atoms. The van der Waals surface area contributed by atoms with Crippen LogP contribution < -0.4 is 5.32 Å². The van der Waals surface area contributed by atoms with Crippen LogP contribution in [0.2, 0.25) is 0 Å². The molecule has 0 aliphatic heterocycles. The highest BCUT2D eigenvalue weighted by Crippen LogP contribution is 2.19. The van der Waals surface area contributed by atoms with Gasteiger partial charge < -0.3 is 10.4 Å². The molecule has 0 amide bonds. The van der Waals surface area contributed by atoms with Gasteiger partial charge in [0.15, 0.2) is 0 Å². The number of nitrogens with one attached hydrogen (secondary N) is 1. The lowest BCUT2D eigenvalue weighted by atomic mass is 9.93. The maximum Gasteiger partial charge on any atom is 0.0652 e. The number of hydrogen-bond acceptors (Lipinski definition) is 3. The van der Waals surface area contributed by atoms with Crippen molar-refractivity contribution in [3.8, 4) is 0 Å². The molecule has 2 N–H and O–H groups in total. The van der Waals surface area contributed by atoms with Crippen molar-refractivity contribution in [2.24, 2.45) is 0 Å². The largest absolute Gasteiger partial charge is 0.394 e. The molecular weight excluding hydrogens is 176 g/mol. The number of aliphatic hydroxyl groups excluding tert-OH is 1. The summed E-state index contributed by atoms with van der Waals surface area (Å²) in [6.07, 6.45) is 3.48. The molecule has 1 aromatic heterocycles. The standard InChI is InChI=1S/C11H18N2O/c1-9(2)13-11(3,8-14)10-4-6-12-7-5-10/h4-7,9,13-14H,8H2,1-3H3. The van der Waals surface area contributed by atoms with Gasteiger partial charge in [0.25, 0.3) is 0 Å². The Morgan fingerprint density at radius 1 is 1.43 bits per heavy atom. The van der Waals surface area contributed by atoms with Crippen molar-refractivity contribution in [3.05, 3.63) is 30.1 Å². The van der Waals surface area contributed by atoms with E-state index in [2.05, 4.69) is 24.1 Å². The number of aromatic nitrogens is 1. The van der Waals surface area contributed by atoms with Crippen LogP contribution in [-0.4, -0.2) is 22.7 Å². The molecule has 0 fully saturated rings. The van der Waals surface area contributed by atoms with Crippen LogP contribution in [0.4, 0.5) is 0 Å². The zero-order valence-electron chi connectivity index (χ0n) is 8.99. The normalized spacial score (nSPS) is 15.5. The molecule has 0 saturated carbocycles. The van der Waals surface area contributed by atoms with E-state index in [1.165, 1.54) is 0 Å². The van der Waals surface area contributed by atoms with E-state index in [1.807, 2.05) is 19.1 Å². The summed E-state index contributed by atoms with van der Waals surface area (Å²) in [5.41, 5.74) is 0.681. The summed E-state index contributed by atoms with van der Waals surface area (Å²) in [4.78, 5) is 3.96. The van der Waals surface area contributed by atoms with Gasteiger partial charge in [-0.1, -0.05) is 0 Å². The Morgan fingerprint density at radius 2 is 2.00 bits per heavy atom. The van der Waals surface area contributed by atoms with Crippen LogP contribution in [0.25, 0.3) is 0 Å². The van der Waals surface area contributed by atoms with Gasteiger partial charge in [-0.15, -0.1) is 0 Å². The van der Waals surface area contributed by atoms with Gasteiger partial charge in [-0.2, -0.15) is 0 Å². The van der Waals surface area contributed by atoms with E-state index in [4.69, 9.17) is 0 Å². The zero-order valence-corrected chi connectivity index (χ0v) is 8.99. The first-order valence-corrected chi connectivity index (χ1v) is 4.87. The second-order valence-electron chi connectivity index (χ2n) is 4.03. The van der Waals surface area contributed by atoms with Crippen molar-refractivity contribution < 1.29 is 5.11 Å². The van der Waals surface area contributed by atoms with Gasteiger partial charge in [0.05, 0.1) is 12.1 Å². The van der Waals surface area contributed by atoms with Gasteiger partial charge in [0.1, 0.15) is 0 Å². The SMILES string of the molecule is CC(C)NC(C)(CO)c1ccncc1. The first-order valence-electron chi connectivity index (χ1n) is 4.87. The average Bonchev–Trinajstić information content (AvgIpc) is 2.18. The smallest absolute Gasteiger partial charge is 0.0652 e. The fraction of sp³-hybridized carbons (Fsp3) is 0.545. The summed E-state index contributed by atoms with van der Waals surface area (Å²) >= 11 is 0. The van der Waals surface area contributed by atoms with Crippen LogP contribution in [-0.2, 0) is 5.54 Å². The van der Waals surface area contributed by atoms with Crippen LogP contribution in [0.1, 0.15) is 26.3 Å².